The molecule has 0 radical (unpaired) electrons. The lowest BCUT2D eigenvalue weighted by Crippen LogP contribution is -2.41. The van der Waals surface area contributed by atoms with Gasteiger partial charge < -0.3 is 10.6 Å². The van der Waals surface area contributed by atoms with Crippen molar-refractivity contribution in [1.82, 2.24) is 14.7 Å². The molecule has 0 atom stereocenters. The maximum atomic E-state index is 13.2. The number of aromatic nitrogens is 2. The van der Waals surface area contributed by atoms with E-state index in [-0.39, 0.29) is 5.02 Å². The number of hydrogen-bond acceptors (Lipinski definition) is 2. The Labute approximate surface area is 119 Å². The summed E-state index contributed by atoms with van der Waals surface area (Å²) in [6.07, 6.45) is 0. The molecule has 2 aromatic rings. The smallest absolute Gasteiger partial charge is 0.315 e. The van der Waals surface area contributed by atoms with E-state index in [1.807, 2.05) is 10.7 Å². The Bertz CT molecular complexity index is 685. The van der Waals surface area contributed by atoms with Crippen molar-refractivity contribution in [3.05, 3.63) is 40.8 Å². The number of urea groups is 1. The molecule has 1 aromatic heterocycles. The minimum atomic E-state index is -0.459. The van der Waals surface area contributed by atoms with Crippen LogP contribution in [0, 0.1) is 5.82 Å². The lowest BCUT2D eigenvalue weighted by molar-refractivity contribution is 0.190. The molecule has 1 aliphatic heterocycles. The van der Waals surface area contributed by atoms with Gasteiger partial charge in [0.25, 0.3) is 0 Å². The number of benzene rings is 1. The molecule has 3 rings (SSSR count). The molecule has 0 spiro atoms. The van der Waals surface area contributed by atoms with Crippen LogP contribution >= 0.6 is 11.6 Å². The maximum Gasteiger partial charge on any atom is 0.315 e. The van der Waals surface area contributed by atoms with Gasteiger partial charge in [-0.25, -0.2) is 9.18 Å². The van der Waals surface area contributed by atoms with Gasteiger partial charge in [-0.3, -0.25) is 4.68 Å². The van der Waals surface area contributed by atoms with Crippen molar-refractivity contribution >= 4 is 17.6 Å². The van der Waals surface area contributed by atoms with Gasteiger partial charge in [0.1, 0.15) is 5.82 Å². The summed E-state index contributed by atoms with van der Waals surface area (Å²) in [6.45, 7) is 1.55. The van der Waals surface area contributed by atoms with Crippen LogP contribution in [0.2, 0.25) is 5.02 Å². The van der Waals surface area contributed by atoms with E-state index in [0.29, 0.717) is 25.3 Å². The third kappa shape index (κ3) is 2.22. The number of nitrogens with two attached hydrogens (primary N) is 1. The van der Waals surface area contributed by atoms with Crippen molar-refractivity contribution in [2.24, 2.45) is 5.73 Å². The summed E-state index contributed by atoms with van der Waals surface area (Å²) < 4.78 is 15.0. The lowest BCUT2D eigenvalue weighted by atomic mass is 10.1. The van der Waals surface area contributed by atoms with E-state index in [9.17, 15) is 9.18 Å². The normalized spacial score (nSPS) is 14.2. The number of amides is 2. The van der Waals surface area contributed by atoms with Gasteiger partial charge in [-0.2, -0.15) is 5.10 Å². The predicted molar refractivity (Wildman–Crippen MR) is 72.6 cm³/mol. The SMILES string of the molecule is NC(=O)N1CCn2nc(-c3ccc(F)c(Cl)c3)cc2C1. The van der Waals surface area contributed by atoms with Gasteiger partial charge in [0.15, 0.2) is 0 Å². The topological polar surface area (TPSA) is 64.2 Å². The first-order valence-electron chi connectivity index (χ1n) is 6.11. The standard InChI is InChI=1S/C13H12ClFN4O/c14-10-5-8(1-2-11(10)15)12-6-9-7-18(13(16)20)3-4-19(9)17-12/h1-2,5-6H,3-4,7H2,(H2,16,20). The van der Waals surface area contributed by atoms with Crippen LogP contribution in [0.1, 0.15) is 5.69 Å². The molecule has 2 heterocycles. The number of fused-ring (bicyclic) bond motifs is 1. The highest BCUT2D eigenvalue weighted by Gasteiger charge is 2.21. The van der Waals surface area contributed by atoms with Gasteiger partial charge in [-0.15, -0.1) is 0 Å². The van der Waals surface area contributed by atoms with Crippen LogP contribution in [0.25, 0.3) is 11.3 Å². The third-order valence-electron chi connectivity index (χ3n) is 3.32. The van der Waals surface area contributed by atoms with E-state index in [1.54, 1.807) is 11.0 Å². The number of carbonyl (C=O) groups is 1. The summed E-state index contributed by atoms with van der Waals surface area (Å²) in [5.41, 5.74) is 7.61. The maximum absolute atomic E-state index is 13.2. The van der Waals surface area contributed by atoms with Crippen LogP contribution < -0.4 is 5.73 Å². The summed E-state index contributed by atoms with van der Waals surface area (Å²) in [4.78, 5) is 12.7. The highest BCUT2D eigenvalue weighted by Crippen LogP contribution is 2.26. The van der Waals surface area contributed by atoms with Crippen molar-refractivity contribution in [2.45, 2.75) is 13.1 Å². The first-order chi connectivity index (χ1) is 9.54. The van der Waals surface area contributed by atoms with E-state index >= 15 is 0 Å². The molecule has 104 valence electrons. The third-order valence-corrected chi connectivity index (χ3v) is 3.61. The molecule has 1 aromatic carbocycles. The summed E-state index contributed by atoms with van der Waals surface area (Å²) in [5.74, 6) is -0.459. The fraction of sp³-hybridized carbons (Fsp3) is 0.231. The van der Waals surface area contributed by atoms with Crippen LogP contribution in [0.5, 0.6) is 0 Å². The van der Waals surface area contributed by atoms with Crippen LogP contribution in [0.3, 0.4) is 0 Å². The first kappa shape index (κ1) is 12.9. The van der Waals surface area contributed by atoms with Gasteiger partial charge >= 0.3 is 6.03 Å². The second kappa shape index (κ2) is 4.79. The first-order valence-corrected chi connectivity index (χ1v) is 6.49. The zero-order chi connectivity index (χ0) is 14.3. The van der Waals surface area contributed by atoms with E-state index < -0.39 is 11.8 Å². The largest absolute Gasteiger partial charge is 0.351 e. The Balaban J connectivity index is 1.94. The van der Waals surface area contributed by atoms with Crippen molar-refractivity contribution in [1.29, 1.82) is 0 Å². The van der Waals surface area contributed by atoms with Gasteiger partial charge in [0, 0.05) is 12.1 Å². The van der Waals surface area contributed by atoms with Gasteiger partial charge in [-0.1, -0.05) is 11.6 Å². The predicted octanol–water partition coefficient (Wildman–Crippen LogP) is 2.24. The number of nitrogens with zero attached hydrogens (tertiary/aromatic N) is 3. The van der Waals surface area contributed by atoms with Crippen LogP contribution in [0.15, 0.2) is 24.3 Å². The fourth-order valence-corrected chi connectivity index (χ4v) is 2.43. The van der Waals surface area contributed by atoms with Crippen LogP contribution in [-0.4, -0.2) is 27.3 Å². The number of halogens is 2. The minimum absolute atomic E-state index is 0.0623. The second-order valence-corrected chi connectivity index (χ2v) is 5.04. The molecular formula is C13H12ClFN4O. The van der Waals surface area contributed by atoms with Crippen molar-refractivity contribution < 1.29 is 9.18 Å². The minimum Gasteiger partial charge on any atom is -0.351 e. The molecule has 20 heavy (non-hydrogen) atoms. The average molecular weight is 295 g/mol. The number of rotatable bonds is 1. The number of hydrogen-bond donors (Lipinski definition) is 1. The highest BCUT2D eigenvalue weighted by molar-refractivity contribution is 6.31. The van der Waals surface area contributed by atoms with E-state index in [0.717, 1.165) is 11.3 Å². The Morgan fingerprint density at radius 3 is 2.85 bits per heavy atom. The van der Waals surface area contributed by atoms with Gasteiger partial charge in [0.05, 0.1) is 29.5 Å². The molecule has 2 amide bonds. The molecule has 0 saturated carbocycles. The molecule has 0 unspecified atom stereocenters. The molecule has 0 saturated heterocycles. The molecule has 5 nitrogen and oxygen atoms in total. The summed E-state index contributed by atoms with van der Waals surface area (Å²) in [5, 5.41) is 4.50. The molecule has 7 heteroatoms. The van der Waals surface area contributed by atoms with Crippen molar-refractivity contribution in [2.75, 3.05) is 6.54 Å². The van der Waals surface area contributed by atoms with E-state index in [4.69, 9.17) is 17.3 Å². The monoisotopic (exact) mass is 294 g/mol. The Hall–Kier alpha value is -2.08. The van der Waals surface area contributed by atoms with E-state index in [2.05, 4.69) is 5.10 Å². The van der Waals surface area contributed by atoms with Crippen molar-refractivity contribution in [3.63, 3.8) is 0 Å². The molecular weight excluding hydrogens is 283 g/mol. The Morgan fingerprint density at radius 1 is 1.35 bits per heavy atom. The molecule has 2 N–H and O–H groups in total. The quantitative estimate of drug-likeness (QED) is 0.876. The second-order valence-electron chi connectivity index (χ2n) is 4.63. The lowest BCUT2D eigenvalue weighted by Gasteiger charge is -2.25. The van der Waals surface area contributed by atoms with Gasteiger partial charge in [-0.05, 0) is 24.3 Å². The molecule has 0 bridgehead atoms. The van der Waals surface area contributed by atoms with E-state index in [1.165, 1.54) is 12.1 Å². The zero-order valence-electron chi connectivity index (χ0n) is 10.5. The van der Waals surface area contributed by atoms with Crippen LogP contribution in [0.4, 0.5) is 9.18 Å². The molecule has 0 aliphatic carbocycles. The highest BCUT2D eigenvalue weighted by atomic mass is 35.5. The Kier molecular flexibility index (Phi) is 3.10. The summed E-state index contributed by atoms with van der Waals surface area (Å²) >= 11 is 5.78. The summed E-state index contributed by atoms with van der Waals surface area (Å²) in [7, 11) is 0. The Morgan fingerprint density at radius 2 is 2.15 bits per heavy atom. The summed E-state index contributed by atoms with van der Waals surface area (Å²) in [6, 6.07) is 5.90. The zero-order valence-corrected chi connectivity index (χ0v) is 11.3. The molecule has 0 fully saturated rings. The van der Waals surface area contributed by atoms with Gasteiger partial charge in [0.2, 0.25) is 0 Å². The van der Waals surface area contributed by atoms with Crippen molar-refractivity contribution in [3.8, 4) is 11.3 Å². The fourth-order valence-electron chi connectivity index (χ4n) is 2.25. The molecule has 1 aliphatic rings. The number of carbonyl (C=O) groups excluding carboxylic acids is 1. The average Bonchev–Trinajstić information content (AvgIpc) is 2.84. The van der Waals surface area contributed by atoms with Crippen LogP contribution in [-0.2, 0) is 13.1 Å². The number of primary amides is 1.